The van der Waals surface area contributed by atoms with Gasteiger partial charge in [-0.25, -0.2) is 0 Å². The Morgan fingerprint density at radius 1 is 1.25 bits per heavy atom. The minimum absolute atomic E-state index is 0.0441. The van der Waals surface area contributed by atoms with Gasteiger partial charge in [0.25, 0.3) is 0 Å². The zero-order valence-electron chi connectivity index (χ0n) is 16.3. The van der Waals surface area contributed by atoms with Crippen molar-refractivity contribution >= 4 is 5.91 Å². The lowest BCUT2D eigenvalue weighted by Crippen LogP contribution is -2.43. The van der Waals surface area contributed by atoms with Crippen LogP contribution in [-0.2, 0) is 11.3 Å². The monoisotopic (exact) mass is 386 g/mol. The molecule has 2 aliphatic rings. The number of carbonyl (C=O) groups is 1. The molecule has 1 aliphatic carbocycles. The fourth-order valence-corrected chi connectivity index (χ4v) is 3.56. The summed E-state index contributed by atoms with van der Waals surface area (Å²) >= 11 is 0. The maximum absolute atomic E-state index is 12.3. The number of likely N-dealkylation sites (tertiary alicyclic amines) is 1. The first kappa shape index (κ1) is 18.7. The van der Waals surface area contributed by atoms with Crippen molar-refractivity contribution in [3.63, 3.8) is 0 Å². The summed E-state index contributed by atoms with van der Waals surface area (Å²) in [5.74, 6) is 2.56. The highest BCUT2D eigenvalue weighted by atomic mass is 16.5. The standard InChI is InChI=1S/C20H26N4O4/c1-26-16-8-5-13(10-17(16)27-2)19-22-18(28-23-19)12-24-9-3-4-14(11-24)20(25)21-15-6-7-15/h5,8,10,14-15H,3-4,6-7,9,11-12H2,1-2H3,(H,21,25). The highest BCUT2D eigenvalue weighted by molar-refractivity contribution is 5.79. The van der Waals surface area contributed by atoms with Gasteiger partial charge < -0.3 is 19.3 Å². The lowest BCUT2D eigenvalue weighted by molar-refractivity contribution is -0.127. The van der Waals surface area contributed by atoms with Crippen LogP contribution in [-0.4, -0.2) is 54.3 Å². The van der Waals surface area contributed by atoms with Gasteiger partial charge in [0.2, 0.25) is 17.6 Å². The molecular formula is C20H26N4O4. The number of amides is 1. The molecule has 1 N–H and O–H groups in total. The van der Waals surface area contributed by atoms with E-state index in [2.05, 4.69) is 20.4 Å². The first-order chi connectivity index (χ1) is 13.7. The molecule has 150 valence electrons. The van der Waals surface area contributed by atoms with Crippen LogP contribution in [0.4, 0.5) is 0 Å². The van der Waals surface area contributed by atoms with E-state index < -0.39 is 0 Å². The summed E-state index contributed by atoms with van der Waals surface area (Å²) in [6, 6.07) is 5.92. The number of hydrogen-bond donors (Lipinski definition) is 1. The van der Waals surface area contributed by atoms with Crippen LogP contribution in [0, 0.1) is 5.92 Å². The van der Waals surface area contributed by atoms with Crippen molar-refractivity contribution in [2.24, 2.45) is 5.92 Å². The Morgan fingerprint density at radius 3 is 2.82 bits per heavy atom. The number of ether oxygens (including phenoxy) is 2. The van der Waals surface area contributed by atoms with Crippen LogP contribution in [0.5, 0.6) is 11.5 Å². The van der Waals surface area contributed by atoms with Gasteiger partial charge in [-0.1, -0.05) is 5.16 Å². The molecule has 1 saturated heterocycles. The van der Waals surface area contributed by atoms with Crippen LogP contribution in [0.3, 0.4) is 0 Å². The van der Waals surface area contributed by atoms with Crippen LogP contribution in [0.1, 0.15) is 31.6 Å². The highest BCUT2D eigenvalue weighted by Gasteiger charge is 2.31. The van der Waals surface area contributed by atoms with Gasteiger partial charge in [0, 0.05) is 18.2 Å². The van der Waals surface area contributed by atoms with Crippen LogP contribution in [0.2, 0.25) is 0 Å². The smallest absolute Gasteiger partial charge is 0.241 e. The molecule has 0 radical (unpaired) electrons. The second-order valence-electron chi connectivity index (χ2n) is 7.44. The molecule has 8 heteroatoms. The average molecular weight is 386 g/mol. The van der Waals surface area contributed by atoms with Crippen molar-refractivity contribution in [3.8, 4) is 22.9 Å². The first-order valence-electron chi connectivity index (χ1n) is 9.74. The van der Waals surface area contributed by atoms with Crippen LogP contribution >= 0.6 is 0 Å². The molecule has 1 unspecified atom stereocenters. The third kappa shape index (κ3) is 4.27. The zero-order chi connectivity index (χ0) is 19.5. The molecule has 2 heterocycles. The van der Waals surface area contributed by atoms with Gasteiger partial charge in [0.15, 0.2) is 11.5 Å². The molecule has 28 heavy (non-hydrogen) atoms. The maximum atomic E-state index is 12.3. The number of hydrogen-bond acceptors (Lipinski definition) is 7. The Balaban J connectivity index is 1.39. The molecule has 0 spiro atoms. The van der Waals surface area contributed by atoms with E-state index in [-0.39, 0.29) is 11.8 Å². The van der Waals surface area contributed by atoms with Crippen molar-refractivity contribution in [2.75, 3.05) is 27.3 Å². The van der Waals surface area contributed by atoms with E-state index in [0.717, 1.165) is 44.3 Å². The Hall–Kier alpha value is -2.61. The van der Waals surface area contributed by atoms with Gasteiger partial charge in [0.1, 0.15) is 0 Å². The van der Waals surface area contributed by atoms with Gasteiger partial charge in [-0.3, -0.25) is 9.69 Å². The molecule has 4 rings (SSSR count). The minimum atomic E-state index is 0.0441. The van der Waals surface area contributed by atoms with Gasteiger partial charge in [-0.05, 0) is 50.4 Å². The molecule has 1 aromatic heterocycles. The molecule has 2 fully saturated rings. The van der Waals surface area contributed by atoms with E-state index in [1.807, 2.05) is 18.2 Å². The summed E-state index contributed by atoms with van der Waals surface area (Å²) in [7, 11) is 3.19. The summed E-state index contributed by atoms with van der Waals surface area (Å²) in [5, 5.41) is 7.21. The highest BCUT2D eigenvalue weighted by Crippen LogP contribution is 2.31. The van der Waals surface area contributed by atoms with Crippen molar-refractivity contribution in [1.82, 2.24) is 20.4 Å². The number of nitrogens with zero attached hydrogens (tertiary/aromatic N) is 3. The Labute approximate surface area is 164 Å². The summed E-state index contributed by atoms with van der Waals surface area (Å²) < 4.78 is 16.0. The summed E-state index contributed by atoms with van der Waals surface area (Å²) in [5.41, 5.74) is 0.799. The summed E-state index contributed by atoms with van der Waals surface area (Å²) in [6.07, 6.45) is 4.17. The average Bonchev–Trinajstić information content (AvgIpc) is 3.42. The van der Waals surface area contributed by atoms with Crippen molar-refractivity contribution in [1.29, 1.82) is 0 Å². The van der Waals surface area contributed by atoms with Gasteiger partial charge in [0.05, 0.1) is 26.7 Å². The van der Waals surface area contributed by atoms with Crippen LogP contribution in [0.25, 0.3) is 11.4 Å². The molecular weight excluding hydrogens is 360 g/mol. The minimum Gasteiger partial charge on any atom is -0.493 e. The molecule has 8 nitrogen and oxygen atoms in total. The van der Waals surface area contributed by atoms with Gasteiger partial charge in [-0.2, -0.15) is 4.98 Å². The topological polar surface area (TPSA) is 89.7 Å². The number of carbonyl (C=O) groups excluding carboxylic acids is 1. The van der Waals surface area contributed by atoms with Crippen molar-refractivity contribution < 1.29 is 18.8 Å². The van der Waals surface area contributed by atoms with Gasteiger partial charge in [-0.15, -0.1) is 0 Å². The maximum Gasteiger partial charge on any atom is 0.241 e. The van der Waals surface area contributed by atoms with E-state index in [1.54, 1.807) is 14.2 Å². The number of rotatable bonds is 7. The van der Waals surface area contributed by atoms with E-state index in [0.29, 0.717) is 35.8 Å². The number of aromatic nitrogens is 2. The van der Waals surface area contributed by atoms with Crippen LogP contribution in [0.15, 0.2) is 22.7 Å². The molecule has 1 amide bonds. The Kier molecular flexibility index (Phi) is 5.47. The number of methoxy groups -OCH3 is 2. The lowest BCUT2D eigenvalue weighted by atomic mass is 9.97. The predicted molar refractivity (Wildman–Crippen MR) is 102 cm³/mol. The normalized spacial score (nSPS) is 20.0. The van der Waals surface area contributed by atoms with Crippen molar-refractivity contribution in [3.05, 3.63) is 24.1 Å². The third-order valence-electron chi connectivity index (χ3n) is 5.27. The first-order valence-corrected chi connectivity index (χ1v) is 9.74. The molecule has 1 aromatic carbocycles. The fraction of sp³-hybridized carbons (Fsp3) is 0.550. The lowest BCUT2D eigenvalue weighted by Gasteiger charge is -2.30. The number of benzene rings is 1. The van der Waals surface area contributed by atoms with E-state index in [9.17, 15) is 4.79 Å². The van der Waals surface area contributed by atoms with Crippen LogP contribution < -0.4 is 14.8 Å². The van der Waals surface area contributed by atoms with E-state index >= 15 is 0 Å². The van der Waals surface area contributed by atoms with E-state index in [4.69, 9.17) is 14.0 Å². The number of piperidine rings is 1. The van der Waals surface area contributed by atoms with Gasteiger partial charge >= 0.3 is 0 Å². The van der Waals surface area contributed by atoms with E-state index in [1.165, 1.54) is 0 Å². The Morgan fingerprint density at radius 2 is 2.07 bits per heavy atom. The summed E-state index contributed by atoms with van der Waals surface area (Å²) in [6.45, 7) is 2.21. The predicted octanol–water partition coefficient (Wildman–Crippen LogP) is 2.24. The molecule has 2 aromatic rings. The molecule has 1 atom stereocenters. The largest absolute Gasteiger partial charge is 0.493 e. The number of nitrogens with one attached hydrogen (secondary N) is 1. The Bertz CT molecular complexity index is 833. The SMILES string of the molecule is COc1ccc(-c2noc(CN3CCCC(C(=O)NC4CC4)C3)n2)cc1OC. The quantitative estimate of drug-likeness (QED) is 0.780. The summed E-state index contributed by atoms with van der Waals surface area (Å²) in [4.78, 5) is 19.1. The molecule has 0 bridgehead atoms. The third-order valence-corrected chi connectivity index (χ3v) is 5.27. The second-order valence-corrected chi connectivity index (χ2v) is 7.44. The fourth-order valence-electron chi connectivity index (χ4n) is 3.56. The van der Waals surface area contributed by atoms with Crippen molar-refractivity contribution in [2.45, 2.75) is 38.3 Å². The molecule has 1 saturated carbocycles. The molecule has 1 aliphatic heterocycles. The second kappa shape index (κ2) is 8.18. The zero-order valence-corrected chi connectivity index (χ0v) is 16.3.